The van der Waals surface area contributed by atoms with Crippen LogP contribution in [0.1, 0.15) is 71.1 Å². The van der Waals surface area contributed by atoms with E-state index in [-0.39, 0.29) is 18.1 Å². The molecular weight excluding hydrogens is 282 g/mol. The number of hydrogen-bond acceptors (Lipinski definition) is 5. The molecule has 0 saturated heterocycles. The minimum Gasteiger partial charge on any atom is -0.444 e. The zero-order chi connectivity index (χ0) is 16.3. The van der Waals surface area contributed by atoms with E-state index < -0.39 is 5.60 Å². The van der Waals surface area contributed by atoms with Crippen LogP contribution >= 0.6 is 0 Å². The van der Waals surface area contributed by atoms with Gasteiger partial charge in [0.15, 0.2) is 0 Å². The Bertz CT molecular complexity index is 507. The van der Waals surface area contributed by atoms with Crippen LogP contribution in [0.2, 0.25) is 0 Å². The average Bonchev–Trinajstić information content (AvgIpc) is 3.04. The standard InChI is InChI=1S/C16H27N3O3/c1-6-7-13-17-18-14(21-13)11-8-9-12(10-11)19(5)15(20)22-16(2,3)4/h11-12H,6-10H2,1-5H3. The minimum atomic E-state index is -0.467. The summed E-state index contributed by atoms with van der Waals surface area (Å²) in [5.41, 5.74) is -0.467. The molecule has 0 bridgehead atoms. The Kier molecular flexibility index (Phi) is 5.08. The molecule has 0 aromatic carbocycles. The number of ether oxygens (including phenoxy) is 1. The molecule has 6 nitrogen and oxygen atoms in total. The summed E-state index contributed by atoms with van der Waals surface area (Å²) in [6.07, 6.45) is 4.30. The lowest BCUT2D eigenvalue weighted by molar-refractivity contribution is 0.0225. The van der Waals surface area contributed by atoms with Gasteiger partial charge in [-0.2, -0.15) is 0 Å². The quantitative estimate of drug-likeness (QED) is 0.851. The van der Waals surface area contributed by atoms with Gasteiger partial charge in [-0.15, -0.1) is 10.2 Å². The van der Waals surface area contributed by atoms with E-state index in [4.69, 9.17) is 9.15 Å². The molecule has 0 spiro atoms. The Hall–Kier alpha value is -1.59. The van der Waals surface area contributed by atoms with E-state index in [1.54, 1.807) is 11.9 Å². The predicted octanol–water partition coefficient (Wildman–Crippen LogP) is 3.53. The number of hydrogen-bond donors (Lipinski definition) is 0. The van der Waals surface area contributed by atoms with Crippen LogP contribution in [0.4, 0.5) is 4.79 Å². The van der Waals surface area contributed by atoms with Crippen LogP contribution in [-0.2, 0) is 11.2 Å². The first kappa shape index (κ1) is 16.8. The van der Waals surface area contributed by atoms with Crippen LogP contribution in [0, 0.1) is 0 Å². The third-order valence-corrected chi connectivity index (χ3v) is 3.93. The van der Waals surface area contributed by atoms with E-state index in [2.05, 4.69) is 17.1 Å². The van der Waals surface area contributed by atoms with Crippen LogP contribution in [0.25, 0.3) is 0 Å². The molecule has 1 saturated carbocycles. The zero-order valence-corrected chi connectivity index (χ0v) is 14.3. The lowest BCUT2D eigenvalue weighted by atomic mass is 10.1. The third-order valence-electron chi connectivity index (χ3n) is 3.93. The van der Waals surface area contributed by atoms with Gasteiger partial charge in [0, 0.05) is 25.4 Å². The molecule has 2 rings (SSSR count). The van der Waals surface area contributed by atoms with E-state index in [0.717, 1.165) is 32.1 Å². The first-order valence-electron chi connectivity index (χ1n) is 8.08. The fourth-order valence-corrected chi connectivity index (χ4v) is 2.76. The van der Waals surface area contributed by atoms with Crippen molar-refractivity contribution in [1.29, 1.82) is 0 Å². The normalized spacial score (nSPS) is 21.9. The summed E-state index contributed by atoms with van der Waals surface area (Å²) in [4.78, 5) is 13.8. The van der Waals surface area contributed by atoms with Crippen LogP contribution < -0.4 is 0 Å². The van der Waals surface area contributed by atoms with Crippen molar-refractivity contribution in [2.45, 2.75) is 77.4 Å². The molecule has 1 aliphatic carbocycles. The highest BCUT2D eigenvalue weighted by atomic mass is 16.6. The summed E-state index contributed by atoms with van der Waals surface area (Å²) in [6.45, 7) is 7.73. The summed E-state index contributed by atoms with van der Waals surface area (Å²) in [5, 5.41) is 8.25. The van der Waals surface area contributed by atoms with Crippen molar-refractivity contribution in [1.82, 2.24) is 15.1 Å². The van der Waals surface area contributed by atoms with Gasteiger partial charge in [-0.1, -0.05) is 6.92 Å². The Morgan fingerprint density at radius 3 is 2.73 bits per heavy atom. The zero-order valence-electron chi connectivity index (χ0n) is 14.3. The summed E-state index contributed by atoms with van der Waals surface area (Å²) in [5.74, 6) is 1.66. The number of aryl methyl sites for hydroxylation is 1. The van der Waals surface area contributed by atoms with Crippen molar-refractivity contribution in [2.24, 2.45) is 0 Å². The van der Waals surface area contributed by atoms with E-state index in [1.807, 2.05) is 20.8 Å². The van der Waals surface area contributed by atoms with Gasteiger partial charge in [-0.25, -0.2) is 4.79 Å². The number of carbonyl (C=O) groups excluding carboxylic acids is 1. The van der Waals surface area contributed by atoms with Crippen molar-refractivity contribution in [3.63, 3.8) is 0 Å². The van der Waals surface area contributed by atoms with Gasteiger partial charge >= 0.3 is 6.09 Å². The summed E-state index contributed by atoms with van der Waals surface area (Å²) in [7, 11) is 1.80. The molecule has 1 aliphatic rings. The Balaban J connectivity index is 1.92. The Morgan fingerprint density at radius 1 is 1.36 bits per heavy atom. The third kappa shape index (κ3) is 4.21. The van der Waals surface area contributed by atoms with Crippen molar-refractivity contribution < 1.29 is 13.9 Å². The SMILES string of the molecule is CCCc1nnc(C2CCC(N(C)C(=O)OC(C)(C)C)C2)o1. The van der Waals surface area contributed by atoms with Crippen LogP contribution in [0.5, 0.6) is 0 Å². The fourth-order valence-electron chi connectivity index (χ4n) is 2.76. The van der Waals surface area contributed by atoms with E-state index in [9.17, 15) is 4.79 Å². The monoisotopic (exact) mass is 309 g/mol. The summed E-state index contributed by atoms with van der Waals surface area (Å²) >= 11 is 0. The molecule has 0 radical (unpaired) electrons. The molecule has 1 aromatic rings. The van der Waals surface area contributed by atoms with Gasteiger partial charge in [0.05, 0.1) is 0 Å². The molecule has 22 heavy (non-hydrogen) atoms. The molecule has 2 atom stereocenters. The van der Waals surface area contributed by atoms with Crippen molar-refractivity contribution >= 4 is 6.09 Å². The molecule has 0 N–H and O–H groups in total. The van der Waals surface area contributed by atoms with Gasteiger partial charge in [0.1, 0.15) is 5.60 Å². The number of nitrogens with zero attached hydrogens (tertiary/aromatic N) is 3. The maximum atomic E-state index is 12.1. The molecule has 2 unspecified atom stereocenters. The van der Waals surface area contributed by atoms with Gasteiger partial charge in [0.25, 0.3) is 0 Å². The average molecular weight is 309 g/mol. The number of amides is 1. The first-order chi connectivity index (χ1) is 10.3. The van der Waals surface area contributed by atoms with Gasteiger partial charge in [0.2, 0.25) is 11.8 Å². The second-order valence-electron chi connectivity index (χ2n) is 7.04. The fraction of sp³-hybridized carbons (Fsp3) is 0.812. The number of aromatic nitrogens is 2. The predicted molar refractivity (Wildman–Crippen MR) is 82.7 cm³/mol. The topological polar surface area (TPSA) is 68.5 Å². The molecular formula is C16H27N3O3. The van der Waals surface area contributed by atoms with Gasteiger partial charge < -0.3 is 14.1 Å². The lowest BCUT2D eigenvalue weighted by Crippen LogP contribution is -2.39. The molecule has 6 heteroatoms. The molecule has 124 valence electrons. The van der Waals surface area contributed by atoms with Crippen molar-refractivity contribution in [3.05, 3.63) is 11.8 Å². The highest BCUT2D eigenvalue weighted by molar-refractivity contribution is 5.68. The van der Waals surface area contributed by atoms with E-state index in [1.165, 1.54) is 0 Å². The van der Waals surface area contributed by atoms with Gasteiger partial charge in [-0.3, -0.25) is 0 Å². The van der Waals surface area contributed by atoms with E-state index in [0.29, 0.717) is 11.8 Å². The summed E-state index contributed by atoms with van der Waals surface area (Å²) in [6, 6.07) is 0.168. The van der Waals surface area contributed by atoms with Crippen LogP contribution in [0.15, 0.2) is 4.42 Å². The molecule has 1 heterocycles. The molecule has 1 aromatic heterocycles. The largest absolute Gasteiger partial charge is 0.444 e. The first-order valence-corrected chi connectivity index (χ1v) is 8.08. The smallest absolute Gasteiger partial charge is 0.410 e. The van der Waals surface area contributed by atoms with E-state index >= 15 is 0 Å². The number of rotatable bonds is 4. The second-order valence-corrected chi connectivity index (χ2v) is 7.04. The van der Waals surface area contributed by atoms with Crippen molar-refractivity contribution in [2.75, 3.05) is 7.05 Å². The van der Waals surface area contributed by atoms with Crippen molar-refractivity contribution in [3.8, 4) is 0 Å². The summed E-state index contributed by atoms with van der Waals surface area (Å²) < 4.78 is 11.1. The van der Waals surface area contributed by atoms with Crippen LogP contribution in [0.3, 0.4) is 0 Å². The number of carbonyl (C=O) groups is 1. The molecule has 1 amide bonds. The lowest BCUT2D eigenvalue weighted by Gasteiger charge is -2.28. The van der Waals surface area contributed by atoms with Crippen LogP contribution in [-0.4, -0.2) is 39.9 Å². The second kappa shape index (κ2) is 6.67. The maximum Gasteiger partial charge on any atom is 0.410 e. The Labute approximate surface area is 132 Å². The molecule has 0 aliphatic heterocycles. The minimum absolute atomic E-state index is 0.168. The molecule has 1 fully saturated rings. The maximum absolute atomic E-state index is 12.1. The van der Waals surface area contributed by atoms with Gasteiger partial charge in [-0.05, 0) is 46.5 Å². The highest BCUT2D eigenvalue weighted by Gasteiger charge is 2.35. The Morgan fingerprint density at radius 2 is 2.09 bits per heavy atom. The highest BCUT2D eigenvalue weighted by Crippen LogP contribution is 2.36.